The zero-order chi connectivity index (χ0) is 16.4. The van der Waals surface area contributed by atoms with E-state index in [1.54, 1.807) is 26.8 Å². The standard InChI is InChI=1S/C13H17Cl2NO4S/c1-4-9(6-11(17)18)16-21(19,20)13-8(3)10(14)5-7(2)12(13)15/h5,9,16H,4,6H2,1-3H3,(H,17,18). The lowest BCUT2D eigenvalue weighted by Crippen LogP contribution is -2.36. The van der Waals surface area contributed by atoms with Gasteiger partial charge in [0.2, 0.25) is 10.0 Å². The Hall–Kier alpha value is -0.820. The number of benzene rings is 1. The summed E-state index contributed by atoms with van der Waals surface area (Å²) in [5, 5.41) is 9.18. The Labute approximate surface area is 134 Å². The van der Waals surface area contributed by atoms with Crippen molar-refractivity contribution in [3.05, 3.63) is 27.2 Å². The van der Waals surface area contributed by atoms with E-state index in [0.29, 0.717) is 22.6 Å². The number of carbonyl (C=O) groups is 1. The molecule has 1 atom stereocenters. The van der Waals surface area contributed by atoms with E-state index in [4.69, 9.17) is 28.3 Å². The van der Waals surface area contributed by atoms with Gasteiger partial charge in [0, 0.05) is 11.1 Å². The van der Waals surface area contributed by atoms with Crippen molar-refractivity contribution in [2.24, 2.45) is 0 Å². The van der Waals surface area contributed by atoms with E-state index in [2.05, 4.69) is 4.72 Å². The number of carboxylic acids is 1. The average Bonchev–Trinajstić information content (AvgIpc) is 2.34. The van der Waals surface area contributed by atoms with E-state index >= 15 is 0 Å². The van der Waals surface area contributed by atoms with Crippen LogP contribution in [-0.2, 0) is 14.8 Å². The molecule has 8 heteroatoms. The Morgan fingerprint density at radius 2 is 1.95 bits per heavy atom. The predicted molar refractivity (Wildman–Crippen MR) is 82.6 cm³/mol. The molecule has 0 saturated carbocycles. The van der Waals surface area contributed by atoms with Crippen LogP contribution in [0.25, 0.3) is 0 Å². The van der Waals surface area contributed by atoms with Gasteiger partial charge in [-0.1, -0.05) is 30.1 Å². The first kappa shape index (κ1) is 18.2. The van der Waals surface area contributed by atoms with Crippen LogP contribution in [0.2, 0.25) is 10.0 Å². The highest BCUT2D eigenvalue weighted by Gasteiger charge is 2.27. The second-order valence-corrected chi connectivity index (χ2v) is 7.20. The topological polar surface area (TPSA) is 83.5 Å². The third-order valence-electron chi connectivity index (χ3n) is 3.09. The molecular weight excluding hydrogens is 337 g/mol. The molecular formula is C13H17Cl2NO4S. The van der Waals surface area contributed by atoms with Crippen molar-refractivity contribution in [3.63, 3.8) is 0 Å². The maximum Gasteiger partial charge on any atom is 0.304 e. The number of aliphatic carboxylic acids is 1. The third kappa shape index (κ3) is 4.32. The van der Waals surface area contributed by atoms with Crippen LogP contribution in [0.3, 0.4) is 0 Å². The Bertz CT molecular complexity index is 632. The van der Waals surface area contributed by atoms with Crippen LogP contribution in [0.4, 0.5) is 0 Å². The first-order valence-electron chi connectivity index (χ1n) is 6.29. The van der Waals surface area contributed by atoms with Gasteiger partial charge < -0.3 is 5.11 Å². The van der Waals surface area contributed by atoms with Gasteiger partial charge in [-0.3, -0.25) is 4.79 Å². The number of aryl methyl sites for hydroxylation is 1. The van der Waals surface area contributed by atoms with Crippen molar-refractivity contribution in [2.45, 2.75) is 44.6 Å². The molecule has 0 aliphatic rings. The number of hydrogen-bond donors (Lipinski definition) is 2. The highest BCUT2D eigenvalue weighted by molar-refractivity contribution is 7.89. The molecule has 1 aromatic rings. The lowest BCUT2D eigenvalue weighted by atomic mass is 10.2. The molecule has 0 amide bonds. The minimum atomic E-state index is -3.95. The first-order chi connectivity index (χ1) is 9.60. The number of carboxylic acid groups (broad SMARTS) is 1. The molecule has 118 valence electrons. The van der Waals surface area contributed by atoms with Crippen LogP contribution in [0.1, 0.15) is 30.9 Å². The van der Waals surface area contributed by atoms with Crippen LogP contribution in [-0.4, -0.2) is 25.5 Å². The number of halogens is 2. The summed E-state index contributed by atoms with van der Waals surface area (Å²) in [7, 11) is -3.95. The van der Waals surface area contributed by atoms with Gasteiger partial charge in [0.15, 0.2) is 0 Å². The molecule has 0 saturated heterocycles. The van der Waals surface area contributed by atoms with Gasteiger partial charge in [0.25, 0.3) is 0 Å². The van der Waals surface area contributed by atoms with Gasteiger partial charge in [-0.2, -0.15) is 0 Å². The van der Waals surface area contributed by atoms with Crippen LogP contribution in [0.5, 0.6) is 0 Å². The normalized spacial score (nSPS) is 13.2. The van der Waals surface area contributed by atoms with Crippen molar-refractivity contribution < 1.29 is 18.3 Å². The summed E-state index contributed by atoms with van der Waals surface area (Å²) in [4.78, 5) is 10.7. The number of hydrogen-bond acceptors (Lipinski definition) is 3. The minimum absolute atomic E-state index is 0.0922. The van der Waals surface area contributed by atoms with Gasteiger partial charge in [0.05, 0.1) is 11.4 Å². The fraction of sp³-hybridized carbons (Fsp3) is 0.462. The molecule has 5 nitrogen and oxygen atoms in total. The lowest BCUT2D eigenvalue weighted by Gasteiger charge is -2.18. The molecule has 21 heavy (non-hydrogen) atoms. The van der Waals surface area contributed by atoms with Crippen molar-refractivity contribution in [2.75, 3.05) is 0 Å². The highest BCUT2D eigenvalue weighted by atomic mass is 35.5. The Kier molecular flexibility index (Phi) is 6.04. The minimum Gasteiger partial charge on any atom is -0.481 e. The van der Waals surface area contributed by atoms with Crippen LogP contribution in [0, 0.1) is 13.8 Å². The number of rotatable bonds is 6. The predicted octanol–water partition coefficient (Wildman–Crippen LogP) is 3.14. The molecule has 0 bridgehead atoms. The van der Waals surface area contributed by atoms with Crippen LogP contribution in [0.15, 0.2) is 11.0 Å². The van der Waals surface area contributed by atoms with Gasteiger partial charge in [-0.25, -0.2) is 13.1 Å². The van der Waals surface area contributed by atoms with Gasteiger partial charge in [-0.15, -0.1) is 0 Å². The van der Waals surface area contributed by atoms with E-state index in [-0.39, 0.29) is 16.3 Å². The maximum absolute atomic E-state index is 12.5. The SMILES string of the molecule is CCC(CC(=O)O)NS(=O)(=O)c1c(C)c(Cl)cc(C)c1Cl. The van der Waals surface area contributed by atoms with E-state index in [1.807, 2.05) is 0 Å². The average molecular weight is 354 g/mol. The van der Waals surface area contributed by atoms with Crippen molar-refractivity contribution in [1.29, 1.82) is 0 Å². The zero-order valence-electron chi connectivity index (χ0n) is 11.9. The summed E-state index contributed by atoms with van der Waals surface area (Å²) >= 11 is 12.1. The quantitative estimate of drug-likeness (QED) is 0.822. The maximum atomic E-state index is 12.5. The molecule has 0 radical (unpaired) electrons. The van der Waals surface area contributed by atoms with Gasteiger partial charge in [-0.05, 0) is 37.5 Å². The summed E-state index contributed by atoms with van der Waals surface area (Å²) < 4.78 is 27.3. The molecule has 0 aliphatic heterocycles. The summed E-state index contributed by atoms with van der Waals surface area (Å²) in [6.07, 6.45) is 0.0493. The monoisotopic (exact) mass is 353 g/mol. The van der Waals surface area contributed by atoms with Crippen molar-refractivity contribution in [3.8, 4) is 0 Å². The van der Waals surface area contributed by atoms with Crippen molar-refractivity contribution in [1.82, 2.24) is 4.72 Å². The van der Waals surface area contributed by atoms with Crippen LogP contribution >= 0.6 is 23.2 Å². The van der Waals surface area contributed by atoms with Crippen LogP contribution < -0.4 is 4.72 Å². The largest absolute Gasteiger partial charge is 0.481 e. The summed E-state index contributed by atoms with van der Waals surface area (Å²) in [5.41, 5.74) is 0.879. The summed E-state index contributed by atoms with van der Waals surface area (Å²) in [5.74, 6) is -1.07. The molecule has 1 aromatic carbocycles. The van der Waals surface area contributed by atoms with E-state index < -0.39 is 22.0 Å². The zero-order valence-corrected chi connectivity index (χ0v) is 14.2. The van der Waals surface area contributed by atoms with E-state index in [1.165, 1.54) is 0 Å². The Morgan fingerprint density at radius 3 is 2.43 bits per heavy atom. The van der Waals surface area contributed by atoms with E-state index in [0.717, 1.165) is 0 Å². The fourth-order valence-electron chi connectivity index (χ4n) is 1.89. The summed E-state index contributed by atoms with van der Waals surface area (Å²) in [6.45, 7) is 4.91. The molecule has 2 N–H and O–H groups in total. The molecule has 1 unspecified atom stereocenters. The highest BCUT2D eigenvalue weighted by Crippen LogP contribution is 2.33. The van der Waals surface area contributed by atoms with Gasteiger partial charge >= 0.3 is 5.97 Å². The third-order valence-corrected chi connectivity index (χ3v) is 5.78. The fourth-order valence-corrected chi connectivity index (χ4v) is 4.42. The van der Waals surface area contributed by atoms with E-state index in [9.17, 15) is 13.2 Å². The lowest BCUT2D eigenvalue weighted by molar-refractivity contribution is -0.137. The Morgan fingerprint density at radius 1 is 1.38 bits per heavy atom. The molecule has 0 fully saturated rings. The first-order valence-corrected chi connectivity index (χ1v) is 8.53. The molecule has 0 aliphatic carbocycles. The van der Waals surface area contributed by atoms with Gasteiger partial charge in [0.1, 0.15) is 4.90 Å². The molecule has 0 heterocycles. The molecule has 0 spiro atoms. The molecule has 1 rings (SSSR count). The smallest absolute Gasteiger partial charge is 0.304 e. The second-order valence-electron chi connectivity index (χ2n) is 4.77. The summed E-state index contributed by atoms with van der Waals surface area (Å²) in [6, 6.07) is 0.884. The van der Waals surface area contributed by atoms with Crippen molar-refractivity contribution >= 4 is 39.2 Å². The number of nitrogens with one attached hydrogen (secondary N) is 1. The Balaban J connectivity index is 3.29. The second kappa shape index (κ2) is 6.96. The molecule has 0 aromatic heterocycles. The number of sulfonamides is 1.